The van der Waals surface area contributed by atoms with Crippen LogP contribution in [0.1, 0.15) is 38.3 Å². The Morgan fingerprint density at radius 3 is 2.34 bits per heavy atom. The van der Waals surface area contributed by atoms with Crippen molar-refractivity contribution in [1.29, 1.82) is 0 Å². The molecule has 0 unspecified atom stereocenters. The van der Waals surface area contributed by atoms with E-state index in [0.29, 0.717) is 40.4 Å². The summed E-state index contributed by atoms with van der Waals surface area (Å²) in [5.41, 5.74) is 2.17. The second-order valence-electron chi connectivity index (χ2n) is 8.44. The average Bonchev–Trinajstić information content (AvgIpc) is 3.00. The molecule has 0 atom stereocenters. The maximum atomic E-state index is 12.4. The Kier molecular flexibility index (Phi) is 7.85. The third-order valence-electron chi connectivity index (χ3n) is 5.03. The van der Waals surface area contributed by atoms with Crippen molar-refractivity contribution in [1.82, 2.24) is 4.90 Å². The number of thioether (sulfide) groups is 1. The fraction of sp³-hybridized carbons (Fsp3) is 0.360. The largest absolute Gasteiger partial charge is 0.493 e. The van der Waals surface area contributed by atoms with E-state index in [1.165, 1.54) is 22.2 Å². The number of rotatable bonds is 8. The van der Waals surface area contributed by atoms with Crippen LogP contribution in [0, 0.1) is 0 Å². The van der Waals surface area contributed by atoms with Crippen LogP contribution in [-0.2, 0) is 10.2 Å². The van der Waals surface area contributed by atoms with Gasteiger partial charge in [0.2, 0.25) is 0 Å². The van der Waals surface area contributed by atoms with Crippen molar-refractivity contribution < 1.29 is 19.0 Å². The molecule has 0 bridgehead atoms. The summed E-state index contributed by atoms with van der Waals surface area (Å²) in [4.78, 5) is 14.4. The highest BCUT2D eigenvalue weighted by molar-refractivity contribution is 8.26. The van der Waals surface area contributed by atoms with Crippen LogP contribution < -0.4 is 14.2 Å². The number of benzene rings is 2. The Morgan fingerprint density at radius 2 is 1.75 bits per heavy atom. The van der Waals surface area contributed by atoms with Gasteiger partial charge in [-0.3, -0.25) is 9.69 Å². The quantitative estimate of drug-likeness (QED) is 0.281. The number of carbonyl (C=O) groups is 1. The lowest BCUT2D eigenvalue weighted by Gasteiger charge is -2.19. The molecule has 1 saturated heterocycles. The average molecular weight is 472 g/mol. The lowest BCUT2D eigenvalue weighted by atomic mass is 9.87. The van der Waals surface area contributed by atoms with Crippen molar-refractivity contribution in [2.24, 2.45) is 0 Å². The Balaban J connectivity index is 1.60. The van der Waals surface area contributed by atoms with E-state index in [1.54, 1.807) is 20.2 Å². The second-order valence-corrected chi connectivity index (χ2v) is 10.1. The molecule has 1 heterocycles. The molecule has 1 aliphatic rings. The number of methoxy groups -OCH3 is 1. The summed E-state index contributed by atoms with van der Waals surface area (Å²) in [6, 6.07) is 13.8. The van der Waals surface area contributed by atoms with E-state index in [2.05, 4.69) is 32.9 Å². The standard InChI is InChI=1S/C25H29NO4S2/c1-25(2,3)18-10-12-19(13-11-18)29-14-7-15-30-22-17(8-6-9-20(22)28-5)16-21-23(27)26(4)24(31)32-21/h6,8-13,16H,7,14-15H2,1-5H3/b21-16-. The van der Waals surface area contributed by atoms with E-state index in [-0.39, 0.29) is 11.3 Å². The first-order chi connectivity index (χ1) is 15.2. The summed E-state index contributed by atoms with van der Waals surface area (Å²) in [5, 5.41) is 0. The molecule has 7 heteroatoms. The van der Waals surface area contributed by atoms with E-state index in [4.69, 9.17) is 26.4 Å². The Bertz CT molecular complexity index is 1010. The van der Waals surface area contributed by atoms with Gasteiger partial charge >= 0.3 is 0 Å². The van der Waals surface area contributed by atoms with Gasteiger partial charge in [0.1, 0.15) is 10.1 Å². The predicted molar refractivity (Wildman–Crippen MR) is 135 cm³/mol. The molecule has 0 saturated carbocycles. The summed E-state index contributed by atoms with van der Waals surface area (Å²) >= 11 is 6.50. The third-order valence-corrected chi connectivity index (χ3v) is 6.51. The topological polar surface area (TPSA) is 48.0 Å². The first-order valence-corrected chi connectivity index (χ1v) is 11.7. The predicted octanol–water partition coefficient (Wildman–Crippen LogP) is 5.67. The zero-order valence-electron chi connectivity index (χ0n) is 19.1. The van der Waals surface area contributed by atoms with Crippen molar-refractivity contribution in [3.63, 3.8) is 0 Å². The van der Waals surface area contributed by atoms with Gasteiger partial charge in [0, 0.05) is 19.0 Å². The lowest BCUT2D eigenvalue weighted by Crippen LogP contribution is -2.22. The number of ether oxygens (including phenoxy) is 3. The molecule has 0 aromatic heterocycles. The minimum Gasteiger partial charge on any atom is -0.493 e. The van der Waals surface area contributed by atoms with Gasteiger partial charge in [-0.05, 0) is 35.3 Å². The summed E-state index contributed by atoms with van der Waals surface area (Å²) in [7, 11) is 3.28. The fourth-order valence-corrected chi connectivity index (χ4v) is 4.29. The number of likely N-dealkylation sites (N-methyl/N-ethyl adjacent to an activating group) is 1. The molecule has 0 spiro atoms. The Hall–Kier alpha value is -2.51. The minimum absolute atomic E-state index is 0.111. The molecule has 3 rings (SSSR count). The van der Waals surface area contributed by atoms with Crippen LogP contribution in [0.3, 0.4) is 0 Å². The molecule has 1 aliphatic heterocycles. The van der Waals surface area contributed by atoms with Gasteiger partial charge in [0.25, 0.3) is 5.91 Å². The first kappa shape index (κ1) is 24.1. The number of carbonyl (C=O) groups excluding carboxylic acids is 1. The summed E-state index contributed by atoms with van der Waals surface area (Å²) in [5.74, 6) is 1.95. The van der Waals surface area contributed by atoms with Gasteiger partial charge in [-0.2, -0.15) is 0 Å². The SMILES string of the molecule is COc1cccc(/C=C2\SC(=S)N(C)C2=O)c1OCCCOc1ccc(C(C)(C)C)cc1. The van der Waals surface area contributed by atoms with E-state index < -0.39 is 0 Å². The number of hydrogen-bond donors (Lipinski definition) is 0. The molecule has 5 nitrogen and oxygen atoms in total. The molecule has 170 valence electrons. The van der Waals surface area contributed by atoms with Crippen molar-refractivity contribution in [3.8, 4) is 17.2 Å². The van der Waals surface area contributed by atoms with Crippen molar-refractivity contribution in [3.05, 3.63) is 58.5 Å². The smallest absolute Gasteiger partial charge is 0.265 e. The van der Waals surface area contributed by atoms with Crippen LogP contribution >= 0.6 is 24.0 Å². The molecular formula is C25H29NO4S2. The van der Waals surface area contributed by atoms with Crippen LogP contribution in [-0.4, -0.2) is 42.5 Å². The van der Waals surface area contributed by atoms with Crippen LogP contribution in [0.2, 0.25) is 0 Å². The van der Waals surface area contributed by atoms with Gasteiger partial charge in [-0.15, -0.1) is 0 Å². The maximum Gasteiger partial charge on any atom is 0.265 e. The molecule has 1 fully saturated rings. The summed E-state index contributed by atoms with van der Waals surface area (Å²) < 4.78 is 17.9. The van der Waals surface area contributed by atoms with E-state index in [9.17, 15) is 4.79 Å². The van der Waals surface area contributed by atoms with Crippen molar-refractivity contribution in [2.45, 2.75) is 32.6 Å². The third kappa shape index (κ3) is 5.84. The minimum atomic E-state index is -0.111. The molecule has 0 aliphatic carbocycles. The number of thiocarbonyl (C=S) groups is 1. The summed E-state index contributed by atoms with van der Waals surface area (Å²) in [6.45, 7) is 7.56. The molecule has 2 aromatic carbocycles. The van der Waals surface area contributed by atoms with Crippen molar-refractivity contribution >= 4 is 40.3 Å². The highest BCUT2D eigenvalue weighted by atomic mass is 32.2. The maximum absolute atomic E-state index is 12.4. The molecule has 0 N–H and O–H groups in total. The molecule has 32 heavy (non-hydrogen) atoms. The zero-order valence-corrected chi connectivity index (χ0v) is 20.8. The van der Waals surface area contributed by atoms with Gasteiger partial charge < -0.3 is 14.2 Å². The highest BCUT2D eigenvalue weighted by Gasteiger charge is 2.29. The number of nitrogens with zero attached hydrogens (tertiary/aromatic N) is 1. The van der Waals surface area contributed by atoms with Gasteiger partial charge in [-0.25, -0.2) is 0 Å². The van der Waals surface area contributed by atoms with Gasteiger partial charge in [0.15, 0.2) is 11.5 Å². The number of amides is 1. The Labute approximate surface area is 199 Å². The van der Waals surface area contributed by atoms with Crippen LogP contribution in [0.25, 0.3) is 6.08 Å². The van der Waals surface area contributed by atoms with Crippen LogP contribution in [0.5, 0.6) is 17.2 Å². The molecule has 1 amide bonds. The molecular weight excluding hydrogens is 442 g/mol. The van der Waals surface area contributed by atoms with Crippen LogP contribution in [0.15, 0.2) is 47.4 Å². The van der Waals surface area contributed by atoms with Gasteiger partial charge in [0.05, 0.1) is 25.2 Å². The fourth-order valence-electron chi connectivity index (χ4n) is 3.12. The second kappa shape index (κ2) is 10.4. The normalized spacial score (nSPS) is 15.4. The van der Waals surface area contributed by atoms with Crippen molar-refractivity contribution in [2.75, 3.05) is 27.4 Å². The number of hydrogen-bond acceptors (Lipinski definition) is 6. The molecule has 2 aromatic rings. The highest BCUT2D eigenvalue weighted by Crippen LogP contribution is 2.37. The number of para-hydroxylation sites is 1. The van der Waals surface area contributed by atoms with Gasteiger partial charge in [-0.1, -0.05) is 69.0 Å². The Morgan fingerprint density at radius 1 is 1.06 bits per heavy atom. The first-order valence-electron chi connectivity index (χ1n) is 10.5. The van der Waals surface area contributed by atoms with E-state index in [0.717, 1.165) is 11.3 Å². The summed E-state index contributed by atoms with van der Waals surface area (Å²) in [6.07, 6.45) is 2.50. The zero-order chi connectivity index (χ0) is 23.3. The van der Waals surface area contributed by atoms with E-state index >= 15 is 0 Å². The lowest BCUT2D eigenvalue weighted by molar-refractivity contribution is -0.121. The monoisotopic (exact) mass is 471 g/mol. The molecule has 0 radical (unpaired) electrons. The van der Waals surface area contributed by atoms with Crippen LogP contribution in [0.4, 0.5) is 0 Å². The van der Waals surface area contributed by atoms with E-state index in [1.807, 2.05) is 30.3 Å².